The number of carboxylic acids is 1. The third-order valence-electron chi connectivity index (χ3n) is 3.87. The molecule has 21 heavy (non-hydrogen) atoms. The quantitative estimate of drug-likeness (QED) is 0.734. The lowest BCUT2D eigenvalue weighted by atomic mass is 9.91. The molecule has 0 aliphatic heterocycles. The normalized spacial score (nSPS) is 17.7. The Kier molecular flexibility index (Phi) is 3.70. The summed E-state index contributed by atoms with van der Waals surface area (Å²) in [5.74, 6) is -0.169. The number of aromatic amines is 1. The number of carbonyl (C=O) groups is 1. The van der Waals surface area contributed by atoms with E-state index in [0.29, 0.717) is 19.5 Å². The lowest BCUT2D eigenvalue weighted by Gasteiger charge is -2.23. The zero-order chi connectivity index (χ0) is 14.8. The van der Waals surface area contributed by atoms with E-state index in [1.165, 1.54) is 6.33 Å². The van der Waals surface area contributed by atoms with Crippen LogP contribution in [0.25, 0.3) is 0 Å². The summed E-state index contributed by atoms with van der Waals surface area (Å²) in [6.45, 7) is 3.28. The summed E-state index contributed by atoms with van der Waals surface area (Å²) in [4.78, 5) is 15.4. The second kappa shape index (κ2) is 5.65. The zero-order valence-electron chi connectivity index (χ0n) is 11.8. The fraction of sp³-hybridized carbons (Fsp3) is 0.538. The van der Waals surface area contributed by atoms with Crippen molar-refractivity contribution in [3.63, 3.8) is 0 Å². The van der Waals surface area contributed by atoms with Crippen LogP contribution in [0, 0.1) is 0 Å². The van der Waals surface area contributed by atoms with Crippen LogP contribution in [-0.2, 0) is 25.9 Å². The van der Waals surface area contributed by atoms with E-state index >= 15 is 0 Å². The molecule has 3 rings (SSSR count). The van der Waals surface area contributed by atoms with Crippen molar-refractivity contribution >= 4 is 5.97 Å². The number of carboxylic acid groups (broad SMARTS) is 1. The Morgan fingerprint density at radius 1 is 1.62 bits per heavy atom. The van der Waals surface area contributed by atoms with Crippen molar-refractivity contribution in [2.45, 2.75) is 45.3 Å². The summed E-state index contributed by atoms with van der Waals surface area (Å²) >= 11 is 0. The zero-order valence-corrected chi connectivity index (χ0v) is 11.8. The Morgan fingerprint density at radius 2 is 2.48 bits per heavy atom. The molecule has 0 saturated carbocycles. The second-order valence-corrected chi connectivity index (χ2v) is 5.15. The molecule has 8 heteroatoms. The maximum atomic E-state index is 11.3. The average molecular weight is 290 g/mol. The van der Waals surface area contributed by atoms with E-state index in [0.717, 1.165) is 29.9 Å². The minimum Gasteiger partial charge on any atom is -0.476 e. The summed E-state index contributed by atoms with van der Waals surface area (Å²) in [7, 11) is 0. The number of aryl methyl sites for hydroxylation is 1. The third kappa shape index (κ3) is 2.66. The van der Waals surface area contributed by atoms with Crippen LogP contribution in [0.3, 0.4) is 0 Å². The number of H-pyrrole nitrogens is 1. The number of rotatable bonds is 5. The molecule has 0 bridgehead atoms. The van der Waals surface area contributed by atoms with Crippen molar-refractivity contribution < 1.29 is 9.90 Å². The van der Waals surface area contributed by atoms with Crippen LogP contribution in [0.1, 0.15) is 40.9 Å². The van der Waals surface area contributed by atoms with E-state index in [1.54, 1.807) is 0 Å². The van der Waals surface area contributed by atoms with Gasteiger partial charge in [0.1, 0.15) is 12.2 Å². The molecule has 0 amide bonds. The van der Waals surface area contributed by atoms with E-state index in [9.17, 15) is 9.90 Å². The molecular formula is C13H18N6O2. The van der Waals surface area contributed by atoms with Crippen molar-refractivity contribution in [1.82, 2.24) is 30.3 Å². The Bertz CT molecular complexity index is 633. The van der Waals surface area contributed by atoms with Gasteiger partial charge in [-0.15, -0.1) is 0 Å². The second-order valence-electron chi connectivity index (χ2n) is 5.15. The Labute approximate surface area is 121 Å². The third-order valence-corrected chi connectivity index (χ3v) is 3.87. The van der Waals surface area contributed by atoms with Crippen molar-refractivity contribution in [1.29, 1.82) is 0 Å². The Morgan fingerprint density at radius 3 is 3.14 bits per heavy atom. The molecule has 0 unspecified atom stereocenters. The predicted octanol–water partition coefficient (Wildman–Crippen LogP) is 0.366. The van der Waals surface area contributed by atoms with E-state index in [-0.39, 0.29) is 11.7 Å². The SMILES string of the molecule is CCn1nc(C(=O)O)c2c1CC[C@H](NCc1ncn[nH]1)C2. The average Bonchev–Trinajstić information content (AvgIpc) is 3.12. The van der Waals surface area contributed by atoms with Gasteiger partial charge in [-0.05, 0) is 26.2 Å². The number of hydrogen-bond donors (Lipinski definition) is 3. The first-order chi connectivity index (χ1) is 10.2. The fourth-order valence-electron chi connectivity index (χ4n) is 2.85. The van der Waals surface area contributed by atoms with Gasteiger partial charge in [0.2, 0.25) is 0 Å². The molecule has 3 N–H and O–H groups in total. The van der Waals surface area contributed by atoms with Gasteiger partial charge in [0.25, 0.3) is 0 Å². The van der Waals surface area contributed by atoms with Crippen LogP contribution in [0.2, 0.25) is 0 Å². The molecule has 112 valence electrons. The molecule has 2 aromatic heterocycles. The smallest absolute Gasteiger partial charge is 0.356 e. The first kappa shape index (κ1) is 13.7. The van der Waals surface area contributed by atoms with Crippen LogP contribution < -0.4 is 5.32 Å². The van der Waals surface area contributed by atoms with Crippen LogP contribution in [0.5, 0.6) is 0 Å². The number of aromatic carboxylic acids is 1. The van der Waals surface area contributed by atoms with Crippen molar-refractivity contribution in [2.75, 3.05) is 0 Å². The minimum absolute atomic E-state index is 0.193. The van der Waals surface area contributed by atoms with Gasteiger partial charge in [-0.2, -0.15) is 10.2 Å². The Balaban J connectivity index is 1.74. The molecule has 2 aromatic rings. The van der Waals surface area contributed by atoms with Crippen LogP contribution in [0.15, 0.2) is 6.33 Å². The molecule has 0 spiro atoms. The lowest BCUT2D eigenvalue weighted by molar-refractivity contribution is 0.0688. The molecule has 2 heterocycles. The van der Waals surface area contributed by atoms with Gasteiger partial charge in [-0.25, -0.2) is 9.78 Å². The Hall–Kier alpha value is -2.22. The molecular weight excluding hydrogens is 272 g/mol. The van der Waals surface area contributed by atoms with Gasteiger partial charge in [0, 0.05) is 23.8 Å². The van der Waals surface area contributed by atoms with Gasteiger partial charge in [-0.3, -0.25) is 9.78 Å². The number of nitrogens with zero attached hydrogens (tertiary/aromatic N) is 4. The molecule has 0 radical (unpaired) electrons. The number of nitrogens with one attached hydrogen (secondary N) is 2. The summed E-state index contributed by atoms with van der Waals surface area (Å²) in [6.07, 6.45) is 3.97. The first-order valence-corrected chi connectivity index (χ1v) is 7.08. The molecule has 0 saturated heterocycles. The van der Waals surface area contributed by atoms with E-state index < -0.39 is 5.97 Å². The highest BCUT2D eigenvalue weighted by Gasteiger charge is 2.28. The summed E-state index contributed by atoms with van der Waals surface area (Å²) in [5, 5.41) is 23.5. The first-order valence-electron chi connectivity index (χ1n) is 7.08. The summed E-state index contributed by atoms with van der Waals surface area (Å²) < 4.78 is 1.81. The van der Waals surface area contributed by atoms with Crippen LogP contribution in [-0.4, -0.2) is 42.1 Å². The minimum atomic E-state index is -0.950. The van der Waals surface area contributed by atoms with E-state index in [2.05, 4.69) is 25.6 Å². The highest BCUT2D eigenvalue weighted by Crippen LogP contribution is 2.25. The fourth-order valence-corrected chi connectivity index (χ4v) is 2.85. The molecule has 8 nitrogen and oxygen atoms in total. The van der Waals surface area contributed by atoms with Crippen molar-refractivity contribution in [2.24, 2.45) is 0 Å². The van der Waals surface area contributed by atoms with Gasteiger partial charge < -0.3 is 10.4 Å². The number of aromatic nitrogens is 5. The number of fused-ring (bicyclic) bond motifs is 1. The van der Waals surface area contributed by atoms with Gasteiger partial charge in [0.05, 0.1) is 6.54 Å². The monoisotopic (exact) mass is 290 g/mol. The van der Waals surface area contributed by atoms with Gasteiger partial charge >= 0.3 is 5.97 Å². The standard InChI is InChI=1S/C13H18N6O2/c1-2-19-10-4-3-8(14-6-11-15-7-16-17-11)5-9(10)12(18-19)13(20)21/h7-8,14H,2-6H2,1H3,(H,20,21)(H,15,16,17)/t8-/m0/s1. The van der Waals surface area contributed by atoms with Crippen LogP contribution in [0.4, 0.5) is 0 Å². The topological polar surface area (TPSA) is 109 Å². The highest BCUT2D eigenvalue weighted by molar-refractivity contribution is 5.87. The highest BCUT2D eigenvalue weighted by atomic mass is 16.4. The van der Waals surface area contributed by atoms with Crippen molar-refractivity contribution in [3.8, 4) is 0 Å². The van der Waals surface area contributed by atoms with E-state index in [4.69, 9.17) is 0 Å². The largest absolute Gasteiger partial charge is 0.476 e. The lowest BCUT2D eigenvalue weighted by Crippen LogP contribution is -2.35. The molecule has 1 aliphatic carbocycles. The van der Waals surface area contributed by atoms with Gasteiger partial charge in [0.15, 0.2) is 5.69 Å². The van der Waals surface area contributed by atoms with Crippen molar-refractivity contribution in [3.05, 3.63) is 29.1 Å². The summed E-state index contributed by atoms with van der Waals surface area (Å²) in [6, 6.07) is 0.232. The van der Waals surface area contributed by atoms with Crippen LogP contribution >= 0.6 is 0 Å². The molecule has 0 aromatic carbocycles. The molecule has 1 aliphatic rings. The molecule has 0 fully saturated rings. The molecule has 1 atom stereocenters. The predicted molar refractivity (Wildman–Crippen MR) is 73.9 cm³/mol. The van der Waals surface area contributed by atoms with Gasteiger partial charge in [-0.1, -0.05) is 0 Å². The maximum absolute atomic E-state index is 11.3. The summed E-state index contributed by atoms with van der Waals surface area (Å²) in [5.41, 5.74) is 2.12. The maximum Gasteiger partial charge on any atom is 0.356 e. The number of hydrogen-bond acceptors (Lipinski definition) is 5. The van der Waals surface area contributed by atoms with E-state index in [1.807, 2.05) is 11.6 Å².